The molecule has 7 nitrogen and oxygen atoms in total. The Labute approximate surface area is 221 Å². The predicted octanol–water partition coefficient (Wildman–Crippen LogP) is 4.42. The van der Waals surface area contributed by atoms with Crippen molar-refractivity contribution >= 4 is 38.2 Å². The third-order valence-electron chi connectivity index (χ3n) is 6.84. The zero-order chi connectivity index (χ0) is 26.0. The van der Waals surface area contributed by atoms with Gasteiger partial charge in [-0.25, -0.2) is 8.42 Å². The number of para-hydroxylation sites is 1. The lowest BCUT2D eigenvalue weighted by Crippen LogP contribution is -2.47. The summed E-state index contributed by atoms with van der Waals surface area (Å²) in [5.74, 6) is -0.238. The van der Waals surface area contributed by atoms with Gasteiger partial charge in [-0.2, -0.15) is 4.31 Å². The normalized spacial score (nSPS) is 15.8. The molecule has 0 radical (unpaired) electrons. The van der Waals surface area contributed by atoms with Crippen LogP contribution in [0, 0.1) is 6.92 Å². The maximum Gasteiger partial charge on any atom is 0.245 e. The van der Waals surface area contributed by atoms with Gasteiger partial charge in [-0.1, -0.05) is 42.5 Å². The molecule has 2 aromatic heterocycles. The quantitative estimate of drug-likeness (QED) is 0.334. The Bertz CT molecular complexity index is 1530. The number of fused-ring (bicyclic) bond motifs is 2. The summed E-state index contributed by atoms with van der Waals surface area (Å²) in [6.07, 6.45) is 2.32. The highest BCUT2D eigenvalue weighted by Gasteiger charge is 2.36. The number of aromatic nitrogens is 1. The van der Waals surface area contributed by atoms with E-state index in [-0.39, 0.29) is 36.5 Å². The third kappa shape index (κ3) is 4.92. The molecular formula is C28H29N3O4S2. The van der Waals surface area contributed by atoms with E-state index in [1.54, 1.807) is 35.7 Å². The Morgan fingerprint density at radius 2 is 1.92 bits per heavy atom. The number of aryl methyl sites for hydroxylation is 1. The summed E-state index contributed by atoms with van der Waals surface area (Å²) in [6.45, 7) is 2.51. The molecule has 0 aliphatic carbocycles. The van der Waals surface area contributed by atoms with Crippen LogP contribution < -0.4 is 0 Å². The number of benzene rings is 2. The number of hydrogen-bond donors (Lipinski definition) is 0. The topological polar surface area (TPSA) is 79.8 Å². The fraction of sp³-hybridized carbons (Fsp3) is 0.286. The number of hydrogen-bond acceptors (Lipinski definition) is 6. The van der Waals surface area contributed by atoms with Crippen LogP contribution in [0.3, 0.4) is 0 Å². The van der Waals surface area contributed by atoms with Crippen LogP contribution in [-0.2, 0) is 26.0 Å². The van der Waals surface area contributed by atoms with E-state index in [2.05, 4.69) is 16.4 Å². The number of amides is 1. The summed E-state index contributed by atoms with van der Waals surface area (Å²) in [5.41, 5.74) is 3.65. The van der Waals surface area contributed by atoms with Gasteiger partial charge in [-0.3, -0.25) is 9.78 Å². The largest absolute Gasteiger partial charge is 0.383 e. The smallest absolute Gasteiger partial charge is 0.245 e. The molecule has 0 saturated carbocycles. The molecule has 2 aromatic carbocycles. The average Bonchev–Trinajstić information content (AvgIpc) is 3.39. The SMILES string of the molecule is COCCN(CC(=O)N1CCc2sccc2C1c1ccccc1C)S(=O)(=O)c1cccc2cccnc12. The molecule has 0 N–H and O–H groups in total. The lowest BCUT2D eigenvalue weighted by Gasteiger charge is -2.38. The van der Waals surface area contributed by atoms with Gasteiger partial charge in [0.1, 0.15) is 4.90 Å². The van der Waals surface area contributed by atoms with Crippen LogP contribution in [-0.4, -0.2) is 61.9 Å². The van der Waals surface area contributed by atoms with Crippen molar-refractivity contribution in [2.45, 2.75) is 24.3 Å². The van der Waals surface area contributed by atoms with Crippen molar-refractivity contribution in [2.24, 2.45) is 0 Å². The van der Waals surface area contributed by atoms with Gasteiger partial charge in [0.25, 0.3) is 0 Å². The summed E-state index contributed by atoms with van der Waals surface area (Å²) in [6, 6.07) is 18.5. The standard InChI is InChI=1S/C28H29N3O4S2/c1-20-7-3-4-10-22(20)28-23-13-18-36-24(23)12-15-31(28)26(32)19-30(16-17-35-2)37(33,34)25-11-5-8-21-9-6-14-29-27(21)25/h3-11,13-14,18,28H,12,15-17,19H2,1-2H3. The van der Waals surface area contributed by atoms with Crippen molar-refractivity contribution in [1.82, 2.24) is 14.2 Å². The van der Waals surface area contributed by atoms with Gasteiger partial charge < -0.3 is 9.64 Å². The molecule has 1 atom stereocenters. The van der Waals surface area contributed by atoms with Crippen LogP contribution in [0.1, 0.15) is 27.6 Å². The Kier molecular flexibility index (Phi) is 7.39. The number of carbonyl (C=O) groups is 1. The number of methoxy groups -OCH3 is 1. The van der Waals surface area contributed by atoms with Crippen LogP contribution in [0.15, 0.2) is 77.1 Å². The fourth-order valence-corrected chi connectivity index (χ4v) is 7.40. The van der Waals surface area contributed by atoms with E-state index in [4.69, 9.17) is 4.74 Å². The number of rotatable bonds is 8. The molecule has 0 fully saturated rings. The van der Waals surface area contributed by atoms with Crippen LogP contribution >= 0.6 is 11.3 Å². The van der Waals surface area contributed by atoms with Crippen LogP contribution in [0.2, 0.25) is 0 Å². The van der Waals surface area contributed by atoms with E-state index in [0.29, 0.717) is 12.1 Å². The first-order valence-corrected chi connectivity index (χ1v) is 14.5. The number of sulfonamides is 1. The molecule has 1 amide bonds. The monoisotopic (exact) mass is 535 g/mol. The minimum Gasteiger partial charge on any atom is -0.383 e. The molecule has 1 aliphatic rings. The number of nitrogens with zero attached hydrogens (tertiary/aromatic N) is 3. The minimum atomic E-state index is -4.03. The lowest BCUT2D eigenvalue weighted by molar-refractivity contribution is -0.133. The summed E-state index contributed by atoms with van der Waals surface area (Å²) in [5, 5.41) is 2.79. The van der Waals surface area contributed by atoms with Crippen molar-refractivity contribution in [2.75, 3.05) is 33.4 Å². The van der Waals surface area contributed by atoms with E-state index in [1.165, 1.54) is 16.3 Å². The third-order valence-corrected chi connectivity index (χ3v) is 9.71. The zero-order valence-corrected chi connectivity index (χ0v) is 22.5. The van der Waals surface area contributed by atoms with E-state index in [1.807, 2.05) is 48.2 Å². The molecule has 0 saturated heterocycles. The Hall–Kier alpha value is -3.11. The predicted molar refractivity (Wildman–Crippen MR) is 145 cm³/mol. The van der Waals surface area contributed by atoms with E-state index in [9.17, 15) is 13.2 Å². The van der Waals surface area contributed by atoms with E-state index < -0.39 is 10.0 Å². The van der Waals surface area contributed by atoms with Gasteiger partial charge in [0.2, 0.25) is 15.9 Å². The second-order valence-electron chi connectivity index (χ2n) is 9.06. The van der Waals surface area contributed by atoms with Gasteiger partial charge in [0.05, 0.1) is 24.7 Å². The molecule has 9 heteroatoms. The first-order valence-electron chi connectivity index (χ1n) is 12.2. The second-order valence-corrected chi connectivity index (χ2v) is 12.0. The highest BCUT2D eigenvalue weighted by molar-refractivity contribution is 7.89. The number of pyridine rings is 1. The second kappa shape index (κ2) is 10.7. The number of carbonyl (C=O) groups excluding carboxylic acids is 1. The summed E-state index contributed by atoms with van der Waals surface area (Å²) in [4.78, 5) is 21.4. The summed E-state index contributed by atoms with van der Waals surface area (Å²) in [7, 11) is -2.51. The molecule has 1 unspecified atom stereocenters. The number of thiophene rings is 1. The van der Waals surface area contributed by atoms with Crippen LogP contribution in [0.25, 0.3) is 10.9 Å². The van der Waals surface area contributed by atoms with E-state index in [0.717, 1.165) is 28.5 Å². The molecule has 192 valence electrons. The van der Waals surface area contributed by atoms with Gasteiger partial charge >= 0.3 is 0 Å². The van der Waals surface area contributed by atoms with Crippen molar-refractivity contribution in [3.63, 3.8) is 0 Å². The summed E-state index contributed by atoms with van der Waals surface area (Å²) < 4.78 is 34.2. The highest BCUT2D eigenvalue weighted by atomic mass is 32.2. The molecule has 3 heterocycles. The van der Waals surface area contributed by atoms with Gasteiger partial charge in [-0.15, -0.1) is 11.3 Å². The highest BCUT2D eigenvalue weighted by Crippen LogP contribution is 2.39. The van der Waals surface area contributed by atoms with Gasteiger partial charge in [0.15, 0.2) is 0 Å². The molecule has 4 aromatic rings. The molecule has 1 aliphatic heterocycles. The minimum absolute atomic E-state index is 0.0559. The van der Waals surface area contributed by atoms with Crippen molar-refractivity contribution in [3.8, 4) is 0 Å². The van der Waals surface area contributed by atoms with Crippen molar-refractivity contribution in [3.05, 3.63) is 93.8 Å². The number of ether oxygens (including phenoxy) is 1. The van der Waals surface area contributed by atoms with Gasteiger partial charge in [0, 0.05) is 36.7 Å². The van der Waals surface area contributed by atoms with Gasteiger partial charge in [-0.05, 0) is 53.6 Å². The lowest BCUT2D eigenvalue weighted by atomic mass is 9.90. The Morgan fingerprint density at radius 3 is 2.73 bits per heavy atom. The molecule has 0 bridgehead atoms. The first kappa shape index (κ1) is 25.5. The fourth-order valence-electron chi connectivity index (χ4n) is 4.96. The zero-order valence-electron chi connectivity index (χ0n) is 20.8. The van der Waals surface area contributed by atoms with Crippen molar-refractivity contribution in [1.29, 1.82) is 0 Å². The average molecular weight is 536 g/mol. The molecule has 5 rings (SSSR count). The summed E-state index contributed by atoms with van der Waals surface area (Å²) >= 11 is 1.70. The Morgan fingerprint density at radius 1 is 1.11 bits per heavy atom. The Balaban J connectivity index is 1.51. The van der Waals surface area contributed by atoms with E-state index >= 15 is 0 Å². The molecule has 37 heavy (non-hydrogen) atoms. The van der Waals surface area contributed by atoms with Crippen molar-refractivity contribution < 1.29 is 17.9 Å². The molecule has 0 spiro atoms. The molecular weight excluding hydrogens is 506 g/mol. The van der Waals surface area contributed by atoms with Crippen LogP contribution in [0.5, 0.6) is 0 Å². The maximum atomic E-state index is 13.9. The van der Waals surface area contributed by atoms with Crippen LogP contribution in [0.4, 0.5) is 0 Å². The maximum absolute atomic E-state index is 13.9. The first-order chi connectivity index (χ1) is 17.9.